The van der Waals surface area contributed by atoms with Crippen molar-refractivity contribution in [2.75, 3.05) is 18.4 Å². The van der Waals surface area contributed by atoms with Crippen LogP contribution in [-0.2, 0) is 13.0 Å². The van der Waals surface area contributed by atoms with Crippen molar-refractivity contribution in [2.24, 2.45) is 11.7 Å². The fourth-order valence-corrected chi connectivity index (χ4v) is 2.26. The van der Waals surface area contributed by atoms with E-state index in [0.29, 0.717) is 5.92 Å². The second-order valence-electron chi connectivity index (χ2n) is 4.60. The molecule has 1 aromatic rings. The van der Waals surface area contributed by atoms with E-state index in [1.807, 2.05) is 0 Å². The largest absolute Gasteiger partial charge is 0.355 e. The van der Waals surface area contributed by atoms with Crippen LogP contribution in [0.1, 0.15) is 45.9 Å². The zero-order valence-corrected chi connectivity index (χ0v) is 11.9. The predicted octanol–water partition coefficient (Wildman–Crippen LogP) is 2.04. The summed E-state index contributed by atoms with van der Waals surface area (Å²) < 4.78 is 2.17. The lowest BCUT2D eigenvalue weighted by molar-refractivity contribution is 0.435. The summed E-state index contributed by atoms with van der Waals surface area (Å²) in [5.74, 6) is 2.69. The van der Waals surface area contributed by atoms with Gasteiger partial charge in [-0.1, -0.05) is 13.3 Å². The quantitative estimate of drug-likeness (QED) is 0.706. The Labute approximate surface area is 110 Å². The standard InChI is InChI=1S/C13H27N5/c1-4-11(9-10-14)7-8-12-16-17-13(15-5-2)18(12)6-3/h11H,4-10,14H2,1-3H3,(H,15,17). The molecule has 0 aliphatic rings. The summed E-state index contributed by atoms with van der Waals surface area (Å²) in [5, 5.41) is 11.7. The molecule has 104 valence electrons. The highest BCUT2D eigenvalue weighted by Crippen LogP contribution is 2.17. The average Bonchev–Trinajstić information content (AvgIpc) is 2.77. The zero-order valence-electron chi connectivity index (χ0n) is 11.9. The maximum absolute atomic E-state index is 5.63. The minimum atomic E-state index is 0.708. The van der Waals surface area contributed by atoms with Crippen molar-refractivity contribution in [1.82, 2.24) is 14.8 Å². The van der Waals surface area contributed by atoms with E-state index in [4.69, 9.17) is 5.73 Å². The van der Waals surface area contributed by atoms with Crippen LogP contribution in [0.3, 0.4) is 0 Å². The smallest absolute Gasteiger partial charge is 0.224 e. The van der Waals surface area contributed by atoms with Crippen LogP contribution in [0.15, 0.2) is 0 Å². The predicted molar refractivity (Wildman–Crippen MR) is 75.6 cm³/mol. The van der Waals surface area contributed by atoms with Crippen molar-refractivity contribution < 1.29 is 0 Å². The Bertz CT molecular complexity index is 334. The summed E-state index contributed by atoms with van der Waals surface area (Å²) in [6, 6.07) is 0. The van der Waals surface area contributed by atoms with Crippen LogP contribution in [-0.4, -0.2) is 27.9 Å². The minimum Gasteiger partial charge on any atom is -0.355 e. The second-order valence-corrected chi connectivity index (χ2v) is 4.60. The monoisotopic (exact) mass is 253 g/mol. The Morgan fingerprint density at radius 3 is 2.56 bits per heavy atom. The number of aromatic nitrogens is 3. The number of rotatable bonds is 9. The van der Waals surface area contributed by atoms with Gasteiger partial charge in [0.15, 0.2) is 0 Å². The van der Waals surface area contributed by atoms with Crippen LogP contribution in [0.4, 0.5) is 5.95 Å². The van der Waals surface area contributed by atoms with E-state index in [9.17, 15) is 0 Å². The molecular formula is C13H27N5. The summed E-state index contributed by atoms with van der Waals surface area (Å²) in [5.41, 5.74) is 5.63. The van der Waals surface area contributed by atoms with Crippen molar-refractivity contribution in [3.8, 4) is 0 Å². The van der Waals surface area contributed by atoms with Gasteiger partial charge in [-0.3, -0.25) is 4.57 Å². The van der Waals surface area contributed by atoms with Gasteiger partial charge in [0, 0.05) is 19.5 Å². The highest BCUT2D eigenvalue weighted by molar-refractivity contribution is 5.25. The zero-order chi connectivity index (χ0) is 13.4. The number of nitrogens with zero attached hydrogens (tertiary/aromatic N) is 3. The number of nitrogens with one attached hydrogen (secondary N) is 1. The van der Waals surface area contributed by atoms with Crippen molar-refractivity contribution in [3.63, 3.8) is 0 Å². The lowest BCUT2D eigenvalue weighted by Crippen LogP contribution is -2.12. The number of anilines is 1. The fourth-order valence-electron chi connectivity index (χ4n) is 2.26. The topological polar surface area (TPSA) is 68.8 Å². The van der Waals surface area contributed by atoms with Crippen LogP contribution in [0.2, 0.25) is 0 Å². The molecule has 1 atom stereocenters. The molecule has 1 aromatic heterocycles. The second kappa shape index (κ2) is 8.08. The van der Waals surface area contributed by atoms with E-state index in [-0.39, 0.29) is 0 Å². The Morgan fingerprint density at radius 2 is 2.00 bits per heavy atom. The lowest BCUT2D eigenvalue weighted by Gasteiger charge is -2.13. The van der Waals surface area contributed by atoms with Gasteiger partial charge < -0.3 is 11.1 Å². The van der Waals surface area contributed by atoms with Crippen LogP contribution >= 0.6 is 0 Å². The average molecular weight is 253 g/mol. The van der Waals surface area contributed by atoms with Gasteiger partial charge in [-0.15, -0.1) is 10.2 Å². The van der Waals surface area contributed by atoms with Gasteiger partial charge in [-0.2, -0.15) is 0 Å². The maximum Gasteiger partial charge on any atom is 0.224 e. The van der Waals surface area contributed by atoms with Gasteiger partial charge in [0.25, 0.3) is 0 Å². The van der Waals surface area contributed by atoms with Crippen LogP contribution in [0.5, 0.6) is 0 Å². The molecular weight excluding hydrogens is 226 g/mol. The third-order valence-electron chi connectivity index (χ3n) is 3.41. The minimum absolute atomic E-state index is 0.708. The first-order valence-corrected chi connectivity index (χ1v) is 7.12. The summed E-state index contributed by atoms with van der Waals surface area (Å²) >= 11 is 0. The highest BCUT2D eigenvalue weighted by Gasteiger charge is 2.12. The van der Waals surface area contributed by atoms with Gasteiger partial charge >= 0.3 is 0 Å². The number of nitrogens with two attached hydrogens (primary N) is 1. The molecule has 0 saturated heterocycles. The fraction of sp³-hybridized carbons (Fsp3) is 0.846. The van der Waals surface area contributed by atoms with E-state index in [2.05, 4.69) is 40.9 Å². The number of hydrogen-bond donors (Lipinski definition) is 2. The molecule has 0 spiro atoms. The molecule has 1 heterocycles. The molecule has 0 amide bonds. The van der Waals surface area contributed by atoms with Crippen molar-refractivity contribution >= 4 is 5.95 Å². The summed E-state index contributed by atoms with van der Waals surface area (Å²) in [4.78, 5) is 0. The van der Waals surface area contributed by atoms with E-state index in [1.54, 1.807) is 0 Å². The van der Waals surface area contributed by atoms with E-state index < -0.39 is 0 Å². The molecule has 0 aliphatic heterocycles. The molecule has 0 aliphatic carbocycles. The maximum atomic E-state index is 5.63. The van der Waals surface area contributed by atoms with Crippen molar-refractivity contribution in [1.29, 1.82) is 0 Å². The first kappa shape index (κ1) is 15.0. The summed E-state index contributed by atoms with van der Waals surface area (Å²) in [7, 11) is 0. The van der Waals surface area contributed by atoms with Gasteiger partial charge in [0.2, 0.25) is 5.95 Å². The van der Waals surface area contributed by atoms with E-state index in [1.165, 1.54) is 6.42 Å². The molecule has 18 heavy (non-hydrogen) atoms. The van der Waals surface area contributed by atoms with E-state index >= 15 is 0 Å². The molecule has 5 heteroatoms. The molecule has 0 bridgehead atoms. The summed E-state index contributed by atoms with van der Waals surface area (Å²) in [6.45, 7) is 9.01. The number of aryl methyl sites for hydroxylation is 1. The molecule has 0 saturated carbocycles. The SMILES string of the molecule is CCNc1nnc(CCC(CC)CCN)n1CC. The van der Waals surface area contributed by atoms with Gasteiger partial charge in [0.1, 0.15) is 5.82 Å². The first-order valence-electron chi connectivity index (χ1n) is 7.12. The lowest BCUT2D eigenvalue weighted by atomic mass is 9.96. The third kappa shape index (κ3) is 3.98. The third-order valence-corrected chi connectivity index (χ3v) is 3.41. The molecule has 0 aromatic carbocycles. The van der Waals surface area contributed by atoms with Gasteiger partial charge in [-0.05, 0) is 39.2 Å². The molecule has 1 rings (SSSR count). The van der Waals surface area contributed by atoms with Gasteiger partial charge in [-0.25, -0.2) is 0 Å². The summed E-state index contributed by atoms with van der Waals surface area (Å²) in [6.07, 6.45) is 4.44. The van der Waals surface area contributed by atoms with Crippen LogP contribution in [0, 0.1) is 5.92 Å². The normalized spacial score (nSPS) is 12.7. The Morgan fingerprint density at radius 1 is 1.22 bits per heavy atom. The van der Waals surface area contributed by atoms with Crippen molar-refractivity contribution in [3.05, 3.63) is 5.82 Å². The van der Waals surface area contributed by atoms with E-state index in [0.717, 1.165) is 50.7 Å². The highest BCUT2D eigenvalue weighted by atomic mass is 15.3. The van der Waals surface area contributed by atoms with Crippen LogP contribution < -0.4 is 11.1 Å². The van der Waals surface area contributed by atoms with Gasteiger partial charge in [0.05, 0.1) is 0 Å². The molecule has 5 nitrogen and oxygen atoms in total. The molecule has 0 fully saturated rings. The van der Waals surface area contributed by atoms with Crippen LogP contribution in [0.25, 0.3) is 0 Å². The molecule has 1 unspecified atom stereocenters. The first-order chi connectivity index (χ1) is 8.76. The number of hydrogen-bond acceptors (Lipinski definition) is 4. The Kier molecular flexibility index (Phi) is 6.72. The molecule has 3 N–H and O–H groups in total. The Hall–Kier alpha value is -1.10. The Balaban J connectivity index is 2.60. The van der Waals surface area contributed by atoms with Crippen molar-refractivity contribution in [2.45, 2.75) is 53.0 Å². The molecule has 0 radical (unpaired) electrons.